The van der Waals surface area contributed by atoms with Crippen molar-refractivity contribution in [2.24, 2.45) is 0 Å². The van der Waals surface area contributed by atoms with Gasteiger partial charge in [-0.1, -0.05) is 31.2 Å². The Morgan fingerprint density at radius 1 is 0.824 bits per heavy atom. The van der Waals surface area contributed by atoms with Gasteiger partial charge in [0.1, 0.15) is 5.65 Å². The molecule has 0 aliphatic rings. The molecule has 0 bridgehead atoms. The number of nitrogens with zero attached hydrogens (tertiary/aromatic N) is 2. The summed E-state index contributed by atoms with van der Waals surface area (Å²) in [5, 5.41) is 0. The fourth-order valence-corrected chi connectivity index (χ4v) is 4.59. The van der Waals surface area contributed by atoms with Crippen LogP contribution >= 0.6 is 0 Å². The van der Waals surface area contributed by atoms with Gasteiger partial charge in [0.05, 0.1) is 27.5 Å². The van der Waals surface area contributed by atoms with E-state index in [0.717, 1.165) is 24.3 Å². The van der Waals surface area contributed by atoms with Crippen molar-refractivity contribution in [3.8, 4) is 22.4 Å². The minimum Gasteiger partial charge on any atom is -0.306 e. The average molecular weight is 498 g/mol. The summed E-state index contributed by atoms with van der Waals surface area (Å²) in [6, 6.07) is 10.3. The molecule has 0 fully saturated rings. The van der Waals surface area contributed by atoms with E-state index in [1.807, 2.05) is 0 Å². The van der Waals surface area contributed by atoms with E-state index >= 15 is 0 Å². The number of fused-ring (bicyclic) bond motifs is 1. The maximum atomic E-state index is 13.0. The van der Waals surface area contributed by atoms with Crippen molar-refractivity contribution < 1.29 is 34.8 Å². The summed E-state index contributed by atoms with van der Waals surface area (Å²) < 4.78 is 105. The molecule has 4 aromatic rings. The first-order valence-electron chi connectivity index (χ1n) is 9.90. The molecule has 4 rings (SSSR count). The molecule has 4 nitrogen and oxygen atoms in total. The third-order valence-corrected chi connectivity index (χ3v) is 7.07. The van der Waals surface area contributed by atoms with Gasteiger partial charge in [-0.05, 0) is 41.5 Å². The second-order valence-corrected chi connectivity index (χ2v) is 9.74. The van der Waals surface area contributed by atoms with Crippen molar-refractivity contribution in [1.82, 2.24) is 9.38 Å². The fraction of sp³-hybridized carbons (Fsp3) is 0.174. The normalized spacial score (nSPS) is 12.9. The molecule has 0 saturated heterocycles. The van der Waals surface area contributed by atoms with E-state index in [1.54, 1.807) is 0 Å². The van der Waals surface area contributed by atoms with Crippen molar-refractivity contribution in [3.63, 3.8) is 0 Å². The van der Waals surface area contributed by atoms with Gasteiger partial charge in [-0.3, -0.25) is 0 Å². The lowest BCUT2D eigenvalue weighted by atomic mass is 10.0. The van der Waals surface area contributed by atoms with E-state index in [-0.39, 0.29) is 27.6 Å². The van der Waals surface area contributed by atoms with E-state index in [9.17, 15) is 34.8 Å². The Labute approximate surface area is 190 Å². The maximum absolute atomic E-state index is 13.0. The van der Waals surface area contributed by atoms with Gasteiger partial charge < -0.3 is 4.40 Å². The predicted octanol–water partition coefficient (Wildman–Crippen LogP) is 6.50. The first-order valence-corrected chi connectivity index (χ1v) is 11.6. The number of hydrogen-bond donors (Lipinski definition) is 0. The smallest absolute Gasteiger partial charge is 0.306 e. The molecule has 2 heterocycles. The number of benzene rings is 2. The lowest BCUT2D eigenvalue weighted by Gasteiger charge is -2.12. The standard InChI is InChI=1S/C23H16F6N2O2S/c1-2-34(32,33)20-11-15(14-3-6-16(7-4-14)22(24,25)26)5-8-18(20)19-13-31-10-9-17(23(27,28)29)12-21(31)30-19/h3-13H,2H2,1H3. The Kier molecular flexibility index (Phi) is 5.71. The molecule has 0 unspecified atom stereocenters. The molecule has 0 aliphatic heterocycles. The zero-order valence-corrected chi connectivity index (χ0v) is 18.3. The Morgan fingerprint density at radius 3 is 2.03 bits per heavy atom. The van der Waals surface area contributed by atoms with Crippen molar-refractivity contribution in [2.45, 2.75) is 24.2 Å². The number of hydrogen-bond acceptors (Lipinski definition) is 3. The lowest BCUT2D eigenvalue weighted by Crippen LogP contribution is -2.06. The summed E-state index contributed by atoms with van der Waals surface area (Å²) in [5.74, 6) is -0.262. The number of rotatable bonds is 4. The predicted molar refractivity (Wildman–Crippen MR) is 114 cm³/mol. The number of pyridine rings is 1. The van der Waals surface area contributed by atoms with Crippen LogP contribution in [0.2, 0.25) is 0 Å². The molecule has 0 N–H and O–H groups in total. The highest BCUT2D eigenvalue weighted by atomic mass is 32.2. The summed E-state index contributed by atoms with van der Waals surface area (Å²) in [5.41, 5.74) is -0.686. The van der Waals surface area contributed by atoms with Crippen LogP contribution in [0.4, 0.5) is 26.3 Å². The van der Waals surface area contributed by atoms with Gasteiger partial charge in [-0.15, -0.1) is 0 Å². The molecule has 0 radical (unpaired) electrons. The van der Waals surface area contributed by atoms with Crippen LogP contribution in [-0.4, -0.2) is 23.6 Å². The Morgan fingerprint density at radius 2 is 1.44 bits per heavy atom. The van der Waals surface area contributed by atoms with Gasteiger partial charge in [-0.25, -0.2) is 13.4 Å². The van der Waals surface area contributed by atoms with Gasteiger partial charge in [-0.2, -0.15) is 26.3 Å². The highest BCUT2D eigenvalue weighted by Crippen LogP contribution is 2.35. The Bertz CT molecular complexity index is 1470. The molecule has 34 heavy (non-hydrogen) atoms. The number of alkyl halides is 6. The van der Waals surface area contributed by atoms with Gasteiger partial charge in [0.2, 0.25) is 0 Å². The van der Waals surface area contributed by atoms with Crippen LogP contribution in [0.25, 0.3) is 28.0 Å². The highest BCUT2D eigenvalue weighted by Gasteiger charge is 2.31. The minimum absolute atomic E-state index is 0.0171. The molecule has 0 atom stereocenters. The summed E-state index contributed by atoms with van der Waals surface area (Å²) in [6.45, 7) is 1.43. The maximum Gasteiger partial charge on any atom is 0.416 e. The number of aromatic nitrogens is 2. The van der Waals surface area contributed by atoms with Crippen molar-refractivity contribution in [3.05, 3.63) is 78.1 Å². The molecule has 0 amide bonds. The highest BCUT2D eigenvalue weighted by molar-refractivity contribution is 7.91. The molecule has 2 aromatic heterocycles. The Hall–Kier alpha value is -3.34. The van der Waals surface area contributed by atoms with Crippen molar-refractivity contribution >= 4 is 15.5 Å². The van der Waals surface area contributed by atoms with E-state index in [0.29, 0.717) is 11.1 Å². The third kappa shape index (κ3) is 4.52. The van der Waals surface area contributed by atoms with E-state index in [2.05, 4.69) is 4.98 Å². The summed E-state index contributed by atoms with van der Waals surface area (Å²) in [7, 11) is -3.82. The van der Waals surface area contributed by atoms with Crippen LogP contribution in [-0.2, 0) is 22.2 Å². The number of imidazole rings is 1. The number of halogens is 6. The van der Waals surface area contributed by atoms with Crippen LogP contribution < -0.4 is 0 Å². The number of sulfone groups is 1. The molecule has 0 saturated carbocycles. The van der Waals surface area contributed by atoms with Crippen LogP contribution in [0, 0.1) is 0 Å². The van der Waals surface area contributed by atoms with Crippen LogP contribution in [0.3, 0.4) is 0 Å². The quantitative estimate of drug-likeness (QED) is 0.302. The molecule has 11 heteroatoms. The SMILES string of the molecule is CCS(=O)(=O)c1cc(-c2ccc(C(F)(F)F)cc2)ccc1-c1cn2ccc(C(F)(F)F)cc2n1. The summed E-state index contributed by atoms with van der Waals surface area (Å²) >= 11 is 0. The monoisotopic (exact) mass is 498 g/mol. The van der Waals surface area contributed by atoms with Gasteiger partial charge in [0.25, 0.3) is 0 Å². The van der Waals surface area contributed by atoms with Crippen molar-refractivity contribution in [1.29, 1.82) is 0 Å². The first-order chi connectivity index (χ1) is 15.8. The second kappa shape index (κ2) is 8.15. The fourth-order valence-electron chi connectivity index (χ4n) is 3.47. The molecule has 0 spiro atoms. The minimum atomic E-state index is -4.56. The van der Waals surface area contributed by atoms with Crippen molar-refractivity contribution in [2.75, 3.05) is 5.75 Å². The van der Waals surface area contributed by atoms with Gasteiger partial charge in [0, 0.05) is 18.0 Å². The van der Waals surface area contributed by atoms with E-state index < -0.39 is 33.3 Å². The zero-order valence-electron chi connectivity index (χ0n) is 17.4. The third-order valence-electron chi connectivity index (χ3n) is 5.31. The molecule has 0 aliphatic carbocycles. The summed E-state index contributed by atoms with van der Waals surface area (Å²) in [4.78, 5) is 4.06. The first kappa shape index (κ1) is 23.8. The Balaban J connectivity index is 1.84. The van der Waals surface area contributed by atoms with E-state index in [4.69, 9.17) is 0 Å². The summed E-state index contributed by atoms with van der Waals surface area (Å²) in [6.07, 6.45) is -6.47. The van der Waals surface area contributed by atoms with E-state index in [1.165, 1.54) is 54.0 Å². The largest absolute Gasteiger partial charge is 0.416 e. The molecular weight excluding hydrogens is 482 g/mol. The average Bonchev–Trinajstić information content (AvgIpc) is 3.21. The van der Waals surface area contributed by atoms with Gasteiger partial charge in [0.15, 0.2) is 9.84 Å². The second-order valence-electron chi connectivity index (χ2n) is 7.49. The molecule has 178 valence electrons. The zero-order chi connectivity index (χ0) is 24.9. The topological polar surface area (TPSA) is 51.4 Å². The van der Waals surface area contributed by atoms with Crippen LogP contribution in [0.1, 0.15) is 18.1 Å². The molecular formula is C23H16F6N2O2S. The van der Waals surface area contributed by atoms with Crippen LogP contribution in [0.15, 0.2) is 71.9 Å². The van der Waals surface area contributed by atoms with Gasteiger partial charge >= 0.3 is 12.4 Å². The lowest BCUT2D eigenvalue weighted by molar-refractivity contribution is -0.138. The molecule has 2 aromatic carbocycles. The van der Waals surface area contributed by atoms with Crippen LogP contribution in [0.5, 0.6) is 0 Å².